The van der Waals surface area contributed by atoms with Crippen LogP contribution in [0.3, 0.4) is 0 Å². The van der Waals surface area contributed by atoms with Crippen molar-refractivity contribution in [1.29, 1.82) is 0 Å². The van der Waals surface area contributed by atoms with Crippen LogP contribution >= 0.6 is 35.0 Å². The van der Waals surface area contributed by atoms with E-state index in [4.69, 9.17) is 27.9 Å². The Balaban J connectivity index is 1.94. The molecular formula is C17H13Cl2F2N3OS. The van der Waals surface area contributed by atoms with Crippen molar-refractivity contribution in [2.45, 2.75) is 17.5 Å². The quantitative estimate of drug-likeness (QED) is 0.512. The van der Waals surface area contributed by atoms with E-state index >= 15 is 0 Å². The first-order valence-electron chi connectivity index (χ1n) is 7.45. The Bertz CT molecular complexity index is 936. The molecule has 0 amide bonds. The molecule has 0 N–H and O–H groups in total. The molecule has 9 heteroatoms. The zero-order valence-corrected chi connectivity index (χ0v) is 15.9. The van der Waals surface area contributed by atoms with Crippen molar-refractivity contribution in [1.82, 2.24) is 14.8 Å². The van der Waals surface area contributed by atoms with Crippen LogP contribution in [-0.2, 0) is 17.1 Å². The van der Waals surface area contributed by atoms with Gasteiger partial charge in [0, 0.05) is 18.4 Å². The van der Waals surface area contributed by atoms with E-state index in [1.807, 2.05) is 0 Å². The third-order valence-electron chi connectivity index (χ3n) is 3.50. The molecule has 0 unspecified atom stereocenters. The largest absolute Gasteiger partial charge is 0.377 e. The van der Waals surface area contributed by atoms with E-state index in [1.165, 1.54) is 11.8 Å². The van der Waals surface area contributed by atoms with Gasteiger partial charge in [0.2, 0.25) is 0 Å². The molecule has 0 fully saturated rings. The van der Waals surface area contributed by atoms with Crippen LogP contribution in [0.1, 0.15) is 11.4 Å². The second-order valence-electron chi connectivity index (χ2n) is 5.29. The van der Waals surface area contributed by atoms with Crippen molar-refractivity contribution < 1.29 is 13.5 Å². The van der Waals surface area contributed by atoms with Crippen molar-refractivity contribution >= 4 is 35.0 Å². The highest BCUT2D eigenvalue weighted by Crippen LogP contribution is 2.30. The van der Waals surface area contributed by atoms with Gasteiger partial charge in [-0.25, -0.2) is 8.78 Å². The first-order chi connectivity index (χ1) is 12.5. The van der Waals surface area contributed by atoms with Crippen LogP contribution < -0.4 is 0 Å². The smallest absolute Gasteiger partial charge is 0.196 e. The SMILES string of the molecule is COCc1nnc(SCc2cc(F)ccc2F)n1-c1ccc(Cl)c(Cl)c1. The van der Waals surface area contributed by atoms with E-state index in [9.17, 15) is 8.78 Å². The summed E-state index contributed by atoms with van der Waals surface area (Å²) < 4.78 is 34.1. The molecule has 0 atom stereocenters. The van der Waals surface area contributed by atoms with Crippen LogP contribution in [0.25, 0.3) is 5.69 Å². The van der Waals surface area contributed by atoms with E-state index in [1.54, 1.807) is 29.9 Å². The lowest BCUT2D eigenvalue weighted by molar-refractivity contribution is 0.176. The van der Waals surface area contributed by atoms with Gasteiger partial charge in [0.25, 0.3) is 0 Å². The molecule has 0 bridgehead atoms. The molecule has 0 spiro atoms. The first-order valence-corrected chi connectivity index (χ1v) is 9.19. The average Bonchev–Trinajstić information content (AvgIpc) is 3.01. The summed E-state index contributed by atoms with van der Waals surface area (Å²) in [6.07, 6.45) is 0. The van der Waals surface area contributed by atoms with Crippen molar-refractivity contribution in [3.8, 4) is 5.69 Å². The van der Waals surface area contributed by atoms with Gasteiger partial charge < -0.3 is 4.74 Å². The normalized spacial score (nSPS) is 11.1. The fourth-order valence-corrected chi connectivity index (χ4v) is 3.53. The summed E-state index contributed by atoms with van der Waals surface area (Å²) in [5, 5.41) is 9.55. The minimum absolute atomic E-state index is 0.191. The second-order valence-corrected chi connectivity index (χ2v) is 7.05. The zero-order chi connectivity index (χ0) is 18.7. The summed E-state index contributed by atoms with van der Waals surface area (Å²) in [5.41, 5.74) is 0.936. The molecule has 3 rings (SSSR count). The zero-order valence-electron chi connectivity index (χ0n) is 13.5. The minimum atomic E-state index is -0.493. The lowest BCUT2D eigenvalue weighted by atomic mass is 10.2. The van der Waals surface area contributed by atoms with Gasteiger partial charge in [-0.1, -0.05) is 35.0 Å². The number of hydrogen-bond acceptors (Lipinski definition) is 4. The van der Waals surface area contributed by atoms with Crippen molar-refractivity contribution in [2.75, 3.05) is 7.11 Å². The predicted octanol–water partition coefficient (Wildman–Crippen LogP) is 5.29. The van der Waals surface area contributed by atoms with E-state index < -0.39 is 11.6 Å². The van der Waals surface area contributed by atoms with Crippen molar-refractivity contribution in [3.63, 3.8) is 0 Å². The third-order valence-corrected chi connectivity index (χ3v) is 5.22. The number of benzene rings is 2. The molecule has 0 aliphatic heterocycles. The maximum absolute atomic E-state index is 13.8. The molecule has 4 nitrogen and oxygen atoms in total. The maximum atomic E-state index is 13.8. The van der Waals surface area contributed by atoms with Crippen LogP contribution in [0, 0.1) is 11.6 Å². The third kappa shape index (κ3) is 4.17. The van der Waals surface area contributed by atoms with Gasteiger partial charge >= 0.3 is 0 Å². The van der Waals surface area contributed by atoms with E-state index in [0.717, 1.165) is 18.2 Å². The lowest BCUT2D eigenvalue weighted by Gasteiger charge is -2.11. The van der Waals surface area contributed by atoms with Crippen molar-refractivity contribution in [3.05, 3.63) is 69.5 Å². The Morgan fingerprint density at radius 1 is 1.08 bits per heavy atom. The molecule has 3 aromatic rings. The first kappa shape index (κ1) is 19.1. The fraction of sp³-hybridized carbons (Fsp3) is 0.176. The van der Waals surface area contributed by atoms with E-state index in [-0.39, 0.29) is 17.9 Å². The average molecular weight is 416 g/mol. The van der Waals surface area contributed by atoms with Gasteiger partial charge in [-0.3, -0.25) is 4.57 Å². The number of halogens is 4. The molecule has 1 heterocycles. The Morgan fingerprint density at radius 2 is 1.88 bits per heavy atom. The Morgan fingerprint density at radius 3 is 2.62 bits per heavy atom. The highest BCUT2D eigenvalue weighted by atomic mass is 35.5. The van der Waals surface area contributed by atoms with Crippen LogP contribution in [0.4, 0.5) is 8.78 Å². The van der Waals surface area contributed by atoms with Gasteiger partial charge in [-0.05, 0) is 36.4 Å². The molecule has 26 heavy (non-hydrogen) atoms. The molecule has 0 radical (unpaired) electrons. The topological polar surface area (TPSA) is 39.9 Å². The number of rotatable bonds is 6. The number of ether oxygens (including phenoxy) is 1. The number of thioether (sulfide) groups is 1. The van der Waals surface area contributed by atoms with Crippen LogP contribution in [0.2, 0.25) is 10.0 Å². The van der Waals surface area contributed by atoms with Gasteiger partial charge in [-0.2, -0.15) is 0 Å². The van der Waals surface area contributed by atoms with Gasteiger partial charge in [-0.15, -0.1) is 10.2 Å². The molecule has 2 aromatic carbocycles. The molecule has 0 saturated carbocycles. The summed E-state index contributed by atoms with van der Waals surface area (Å²) in [6, 6.07) is 8.46. The molecule has 0 aliphatic rings. The summed E-state index contributed by atoms with van der Waals surface area (Å²) in [7, 11) is 1.54. The Hall–Kier alpha value is -1.67. The van der Waals surface area contributed by atoms with Gasteiger partial charge in [0.05, 0.1) is 15.7 Å². The summed E-state index contributed by atoms with van der Waals surface area (Å²) in [4.78, 5) is 0. The van der Waals surface area contributed by atoms with Crippen molar-refractivity contribution in [2.24, 2.45) is 0 Å². The molecule has 0 saturated heterocycles. The lowest BCUT2D eigenvalue weighted by Crippen LogP contribution is -2.04. The molecule has 136 valence electrons. The second kappa shape index (κ2) is 8.35. The number of aromatic nitrogens is 3. The number of hydrogen-bond donors (Lipinski definition) is 0. The van der Waals surface area contributed by atoms with E-state index in [2.05, 4.69) is 10.2 Å². The predicted molar refractivity (Wildman–Crippen MR) is 98.0 cm³/mol. The van der Waals surface area contributed by atoms with Gasteiger partial charge in [0.15, 0.2) is 11.0 Å². The molecule has 0 aliphatic carbocycles. The standard InChI is InChI=1S/C17H13Cl2F2N3OS/c1-25-8-16-22-23-17(24(16)12-3-4-13(18)14(19)7-12)26-9-10-6-11(20)2-5-15(10)21/h2-7H,8-9H2,1H3. The summed E-state index contributed by atoms with van der Waals surface area (Å²) in [5.74, 6) is -0.228. The van der Waals surface area contributed by atoms with Gasteiger partial charge in [0.1, 0.15) is 18.2 Å². The van der Waals surface area contributed by atoms with Crippen LogP contribution in [0.15, 0.2) is 41.6 Å². The Labute approximate surface area is 163 Å². The number of nitrogens with zero attached hydrogens (tertiary/aromatic N) is 3. The summed E-state index contributed by atoms with van der Waals surface area (Å²) >= 11 is 13.3. The Kier molecular flexibility index (Phi) is 6.13. The molecule has 1 aromatic heterocycles. The maximum Gasteiger partial charge on any atom is 0.196 e. The monoisotopic (exact) mass is 415 g/mol. The summed E-state index contributed by atoms with van der Waals surface area (Å²) in [6.45, 7) is 0.224. The highest BCUT2D eigenvalue weighted by molar-refractivity contribution is 7.98. The van der Waals surface area contributed by atoms with E-state index in [0.29, 0.717) is 26.7 Å². The number of methoxy groups -OCH3 is 1. The highest BCUT2D eigenvalue weighted by Gasteiger charge is 2.16. The van der Waals surface area contributed by atoms with Crippen LogP contribution in [-0.4, -0.2) is 21.9 Å². The van der Waals surface area contributed by atoms with Crippen LogP contribution in [0.5, 0.6) is 0 Å². The molecular weight excluding hydrogens is 403 g/mol. The minimum Gasteiger partial charge on any atom is -0.377 e. The fourth-order valence-electron chi connectivity index (χ4n) is 2.30.